The Morgan fingerprint density at radius 3 is 2.63 bits per heavy atom. The van der Waals surface area contributed by atoms with Gasteiger partial charge in [0.1, 0.15) is 18.1 Å². The van der Waals surface area contributed by atoms with E-state index in [1.165, 1.54) is 18.3 Å². The van der Waals surface area contributed by atoms with Crippen molar-refractivity contribution in [1.29, 1.82) is 0 Å². The van der Waals surface area contributed by atoms with Gasteiger partial charge in [-0.2, -0.15) is 11.8 Å². The molecule has 4 N–H and O–H groups in total. The van der Waals surface area contributed by atoms with Crippen LogP contribution in [0.25, 0.3) is 0 Å². The van der Waals surface area contributed by atoms with Gasteiger partial charge in [0, 0.05) is 42.3 Å². The van der Waals surface area contributed by atoms with Gasteiger partial charge in [0.25, 0.3) is 0 Å². The number of aromatic nitrogens is 1. The summed E-state index contributed by atoms with van der Waals surface area (Å²) in [5.41, 5.74) is 0.0850. The average Bonchev–Trinajstić information content (AvgIpc) is 3.51. The fraction of sp³-hybridized carbons (Fsp3) is 0.500. The van der Waals surface area contributed by atoms with Crippen molar-refractivity contribution in [3.63, 3.8) is 0 Å². The Morgan fingerprint density at radius 2 is 1.83 bits per heavy atom. The summed E-state index contributed by atoms with van der Waals surface area (Å²) in [5.74, 6) is 1.32. The molecule has 3 amide bonds. The summed E-state index contributed by atoms with van der Waals surface area (Å²) in [5, 5.41) is 18.2. The monoisotopic (exact) mass is 588 g/mol. The third-order valence-corrected chi connectivity index (χ3v) is 8.04. The Kier molecular flexibility index (Phi) is 11.9. The van der Waals surface area contributed by atoms with E-state index in [4.69, 9.17) is 24.1 Å². The number of fused-ring (bicyclic) bond motifs is 1. The number of urea groups is 1. The third kappa shape index (κ3) is 10.1. The van der Waals surface area contributed by atoms with Gasteiger partial charge < -0.3 is 40.0 Å². The summed E-state index contributed by atoms with van der Waals surface area (Å²) in [6, 6.07) is 10.3. The molecule has 1 aromatic heterocycles. The fourth-order valence-electron chi connectivity index (χ4n) is 4.48. The number of carbonyl (C=O) groups excluding carboxylic acids is 2. The van der Waals surface area contributed by atoms with Gasteiger partial charge in [-0.05, 0) is 31.0 Å². The zero-order valence-electron chi connectivity index (χ0n) is 22.7. The van der Waals surface area contributed by atoms with Gasteiger partial charge in [-0.3, -0.25) is 4.79 Å². The van der Waals surface area contributed by atoms with Crippen LogP contribution < -0.4 is 25.4 Å². The summed E-state index contributed by atoms with van der Waals surface area (Å²) in [6.07, 6.45) is 4.52. The normalized spacial score (nSPS) is 19.2. The lowest BCUT2D eigenvalue weighted by Crippen LogP contribution is -2.36. The van der Waals surface area contributed by atoms with E-state index < -0.39 is 5.97 Å². The van der Waals surface area contributed by atoms with Crippen LogP contribution in [0, 0.1) is 0 Å². The number of unbranched alkanes of at least 4 members (excludes halogenated alkanes) is 1. The molecule has 0 bridgehead atoms. The molecule has 3 heterocycles. The minimum Gasteiger partial charge on any atom is -0.491 e. The number of amides is 3. The third-order valence-electron chi connectivity index (χ3n) is 6.53. The predicted molar refractivity (Wildman–Crippen MR) is 152 cm³/mol. The molecule has 0 spiro atoms. The van der Waals surface area contributed by atoms with E-state index in [2.05, 4.69) is 20.9 Å². The lowest BCUT2D eigenvalue weighted by Gasteiger charge is -2.16. The van der Waals surface area contributed by atoms with Crippen molar-refractivity contribution >= 4 is 29.7 Å². The van der Waals surface area contributed by atoms with Crippen LogP contribution in [0.3, 0.4) is 0 Å². The molecule has 1 aromatic carbocycles. The summed E-state index contributed by atoms with van der Waals surface area (Å²) < 4.78 is 22.4. The van der Waals surface area contributed by atoms with Gasteiger partial charge in [-0.25, -0.2) is 14.6 Å². The molecule has 2 fully saturated rings. The molecule has 0 aliphatic carbocycles. The van der Waals surface area contributed by atoms with Gasteiger partial charge in [0.2, 0.25) is 11.8 Å². The van der Waals surface area contributed by atoms with Crippen LogP contribution in [-0.4, -0.2) is 90.7 Å². The van der Waals surface area contributed by atoms with Crippen molar-refractivity contribution in [1.82, 2.24) is 20.9 Å². The number of ether oxygens (including phenoxy) is 4. The molecule has 3 atom stereocenters. The molecule has 4 rings (SSSR count). The molecule has 2 aliphatic heterocycles. The maximum Gasteiger partial charge on any atom is 0.337 e. The van der Waals surface area contributed by atoms with Crippen molar-refractivity contribution in [2.45, 2.75) is 43.0 Å². The van der Waals surface area contributed by atoms with Crippen LogP contribution in [0.1, 0.15) is 36.0 Å². The Hall–Kier alpha value is -3.55. The number of thioether (sulfide) groups is 1. The number of carboxylic acids is 1. The van der Waals surface area contributed by atoms with Gasteiger partial charge >= 0.3 is 12.0 Å². The van der Waals surface area contributed by atoms with E-state index in [1.54, 1.807) is 24.3 Å². The Bertz CT molecular complexity index is 1150. The maximum absolute atomic E-state index is 12.0. The Morgan fingerprint density at radius 1 is 1.02 bits per heavy atom. The highest BCUT2D eigenvalue weighted by atomic mass is 32.2. The zero-order valence-corrected chi connectivity index (χ0v) is 23.5. The second kappa shape index (κ2) is 16.0. The van der Waals surface area contributed by atoms with Crippen LogP contribution in [0.15, 0.2) is 42.6 Å². The number of pyridine rings is 1. The number of hydrogen-bond donors (Lipinski definition) is 4. The van der Waals surface area contributed by atoms with E-state index in [1.807, 2.05) is 11.8 Å². The van der Waals surface area contributed by atoms with Crippen molar-refractivity contribution < 1.29 is 38.4 Å². The number of carboxylic acid groups (broad SMARTS) is 1. The minimum atomic E-state index is -1.05. The molecule has 2 aliphatic rings. The van der Waals surface area contributed by atoms with Crippen molar-refractivity contribution in [3.8, 4) is 17.4 Å². The maximum atomic E-state index is 12.0. The first-order chi connectivity index (χ1) is 20.0. The van der Waals surface area contributed by atoms with E-state index in [9.17, 15) is 14.4 Å². The number of aromatic carboxylic acids is 1. The standard InChI is InChI=1S/C28H36N4O8S/c33-24(7-2-1-6-23-26-22(18-41-23)31-28(36)32-26)29-10-11-37-12-13-38-14-15-39-20-4-3-5-21(16-20)40-25-9-8-19(17-30-25)27(34)35/h3-5,8-9,16-17,22-23,26H,1-2,6-7,10-15,18H2,(H,29,33)(H,34,35)(H2,31,32,36)/t22-,23-,26-/m0/s1. The van der Waals surface area contributed by atoms with Crippen LogP contribution in [0.2, 0.25) is 0 Å². The molecule has 0 unspecified atom stereocenters. The number of rotatable bonds is 18. The van der Waals surface area contributed by atoms with Crippen LogP contribution in [0.5, 0.6) is 17.4 Å². The SMILES string of the molecule is O=C(CCCC[C@@H]1SC[C@@H]2NC(=O)N[C@@H]21)NCCOCCOCCOc1cccc(Oc2ccc(C(=O)O)cn2)c1. The first-order valence-electron chi connectivity index (χ1n) is 13.7. The second-order valence-corrected chi connectivity index (χ2v) is 10.8. The van der Waals surface area contributed by atoms with Gasteiger partial charge in [-0.15, -0.1) is 0 Å². The van der Waals surface area contributed by atoms with E-state index in [-0.39, 0.29) is 35.5 Å². The number of benzene rings is 1. The van der Waals surface area contributed by atoms with Gasteiger partial charge in [0.05, 0.1) is 44.1 Å². The van der Waals surface area contributed by atoms with Crippen molar-refractivity contribution in [3.05, 3.63) is 48.2 Å². The van der Waals surface area contributed by atoms with Gasteiger partial charge in [0.15, 0.2) is 0 Å². The van der Waals surface area contributed by atoms with E-state index in [0.717, 1.165) is 25.0 Å². The van der Waals surface area contributed by atoms with Crippen molar-refractivity contribution in [2.24, 2.45) is 0 Å². The number of carbonyl (C=O) groups is 3. The quantitative estimate of drug-likeness (QED) is 0.151. The number of nitrogens with zero attached hydrogens (tertiary/aromatic N) is 1. The largest absolute Gasteiger partial charge is 0.491 e. The summed E-state index contributed by atoms with van der Waals surface area (Å²) in [6.45, 7) is 2.43. The van der Waals surface area contributed by atoms with Crippen LogP contribution in [0.4, 0.5) is 4.79 Å². The Balaban J connectivity index is 0.957. The molecule has 0 saturated carbocycles. The highest BCUT2D eigenvalue weighted by molar-refractivity contribution is 8.00. The lowest BCUT2D eigenvalue weighted by atomic mass is 10.0. The summed E-state index contributed by atoms with van der Waals surface area (Å²) in [4.78, 5) is 38.4. The molecule has 41 heavy (non-hydrogen) atoms. The molecule has 222 valence electrons. The average molecular weight is 589 g/mol. The predicted octanol–water partition coefficient (Wildman–Crippen LogP) is 2.83. The molecular weight excluding hydrogens is 552 g/mol. The fourth-order valence-corrected chi connectivity index (χ4v) is 6.02. The van der Waals surface area contributed by atoms with Crippen molar-refractivity contribution in [2.75, 3.05) is 45.3 Å². The van der Waals surface area contributed by atoms with Crippen LogP contribution >= 0.6 is 11.8 Å². The molecule has 0 radical (unpaired) electrons. The second-order valence-electron chi connectivity index (χ2n) is 9.56. The molecule has 2 saturated heterocycles. The minimum absolute atomic E-state index is 0.0246. The number of hydrogen-bond acceptors (Lipinski definition) is 9. The summed E-state index contributed by atoms with van der Waals surface area (Å²) >= 11 is 1.89. The zero-order chi connectivity index (χ0) is 28.9. The Labute approximate surface area is 242 Å². The van der Waals surface area contributed by atoms with Crippen LogP contribution in [-0.2, 0) is 14.3 Å². The van der Waals surface area contributed by atoms with E-state index in [0.29, 0.717) is 62.7 Å². The molecular formula is C28H36N4O8S. The molecule has 13 heteroatoms. The first-order valence-corrected chi connectivity index (χ1v) is 14.7. The highest BCUT2D eigenvalue weighted by Crippen LogP contribution is 2.33. The number of nitrogens with one attached hydrogen (secondary N) is 3. The highest BCUT2D eigenvalue weighted by Gasteiger charge is 2.42. The molecule has 2 aromatic rings. The summed E-state index contributed by atoms with van der Waals surface area (Å²) in [7, 11) is 0. The van der Waals surface area contributed by atoms with Gasteiger partial charge in [-0.1, -0.05) is 12.5 Å². The topological polar surface area (TPSA) is 157 Å². The first kappa shape index (κ1) is 30.4. The lowest BCUT2D eigenvalue weighted by molar-refractivity contribution is -0.121. The van der Waals surface area contributed by atoms with E-state index >= 15 is 0 Å². The smallest absolute Gasteiger partial charge is 0.337 e. The molecule has 12 nitrogen and oxygen atoms in total.